The van der Waals surface area contributed by atoms with Crippen molar-refractivity contribution in [2.24, 2.45) is 5.92 Å². The van der Waals surface area contributed by atoms with E-state index in [1.54, 1.807) is 6.92 Å². The summed E-state index contributed by atoms with van der Waals surface area (Å²) in [6.45, 7) is 9.22. The van der Waals surface area contributed by atoms with Crippen LogP contribution >= 0.6 is 0 Å². The van der Waals surface area contributed by atoms with Crippen LogP contribution in [-0.2, 0) is 9.53 Å². The number of esters is 1. The van der Waals surface area contributed by atoms with E-state index in [1.807, 2.05) is 13.8 Å². The molecule has 2 nitrogen and oxygen atoms in total. The van der Waals surface area contributed by atoms with E-state index in [-0.39, 0.29) is 11.6 Å². The number of hydrogen-bond donors (Lipinski definition) is 0. The molecule has 0 aromatic rings. The Morgan fingerprint density at radius 2 is 2.00 bits per heavy atom. The van der Waals surface area contributed by atoms with Crippen molar-refractivity contribution in [2.45, 2.75) is 45.6 Å². The quantitative estimate of drug-likeness (QED) is 0.495. The predicted molar refractivity (Wildman–Crippen MR) is 52.3 cm³/mol. The van der Waals surface area contributed by atoms with Crippen molar-refractivity contribution < 1.29 is 9.53 Å². The highest BCUT2D eigenvalue weighted by Crippen LogP contribution is 2.38. The fourth-order valence-corrected chi connectivity index (χ4v) is 1.51. The van der Waals surface area contributed by atoms with Crippen LogP contribution in [0.4, 0.5) is 0 Å². The van der Waals surface area contributed by atoms with Crippen molar-refractivity contribution in [3.63, 3.8) is 0 Å². The summed E-state index contributed by atoms with van der Waals surface area (Å²) in [7, 11) is 0. The minimum absolute atomic E-state index is 0.267. The highest BCUT2D eigenvalue weighted by Gasteiger charge is 2.37. The summed E-state index contributed by atoms with van der Waals surface area (Å²) in [5.74, 6) is 0.271. The Morgan fingerprint density at radius 1 is 1.46 bits per heavy atom. The molecule has 0 saturated heterocycles. The Bertz CT molecular complexity index is 224. The molecule has 13 heavy (non-hydrogen) atoms. The second-order valence-corrected chi connectivity index (χ2v) is 4.40. The zero-order chi connectivity index (χ0) is 10.1. The Morgan fingerprint density at radius 3 is 2.31 bits per heavy atom. The molecule has 1 aliphatic carbocycles. The van der Waals surface area contributed by atoms with Crippen LogP contribution in [0.25, 0.3) is 0 Å². The number of ether oxygens (including phenoxy) is 1. The lowest BCUT2D eigenvalue weighted by atomic mass is 9.74. The smallest absolute Gasteiger partial charge is 0.333 e. The Labute approximate surface area is 80.0 Å². The van der Waals surface area contributed by atoms with E-state index in [0.29, 0.717) is 11.5 Å². The van der Waals surface area contributed by atoms with Crippen molar-refractivity contribution in [3.8, 4) is 0 Å². The fraction of sp³-hybridized carbons (Fsp3) is 0.727. The third-order valence-electron chi connectivity index (χ3n) is 2.79. The topological polar surface area (TPSA) is 26.3 Å². The lowest BCUT2D eigenvalue weighted by Crippen LogP contribution is -2.40. The molecule has 0 aromatic heterocycles. The molecule has 0 radical (unpaired) electrons. The van der Waals surface area contributed by atoms with Gasteiger partial charge in [-0.05, 0) is 39.5 Å². The highest BCUT2D eigenvalue weighted by molar-refractivity contribution is 5.87. The zero-order valence-corrected chi connectivity index (χ0v) is 8.72. The molecule has 2 heteroatoms. The molecule has 0 bridgehead atoms. The summed E-state index contributed by atoms with van der Waals surface area (Å²) in [5.41, 5.74) is 0.168. The number of hydrogen-bond acceptors (Lipinski definition) is 2. The Hall–Kier alpha value is -0.790. The minimum atomic E-state index is -0.311. The summed E-state index contributed by atoms with van der Waals surface area (Å²) in [5, 5.41) is 0. The van der Waals surface area contributed by atoms with Gasteiger partial charge in [0.05, 0.1) is 0 Å². The molecule has 0 N–H and O–H groups in total. The van der Waals surface area contributed by atoms with Gasteiger partial charge < -0.3 is 4.74 Å². The van der Waals surface area contributed by atoms with Gasteiger partial charge >= 0.3 is 5.97 Å². The van der Waals surface area contributed by atoms with E-state index in [9.17, 15) is 4.79 Å². The van der Waals surface area contributed by atoms with Gasteiger partial charge in [-0.3, -0.25) is 0 Å². The van der Waals surface area contributed by atoms with Crippen molar-refractivity contribution in [3.05, 3.63) is 12.2 Å². The maximum atomic E-state index is 11.3. The summed E-state index contributed by atoms with van der Waals surface area (Å²) < 4.78 is 5.36. The molecule has 0 amide bonds. The van der Waals surface area contributed by atoms with E-state index in [0.717, 1.165) is 0 Å². The number of carbonyl (C=O) groups is 1. The van der Waals surface area contributed by atoms with E-state index >= 15 is 0 Å². The van der Waals surface area contributed by atoms with Gasteiger partial charge in [0, 0.05) is 5.57 Å². The lowest BCUT2D eigenvalue weighted by molar-refractivity contribution is -0.160. The van der Waals surface area contributed by atoms with Crippen LogP contribution in [0.3, 0.4) is 0 Å². The van der Waals surface area contributed by atoms with Gasteiger partial charge in [-0.2, -0.15) is 0 Å². The number of carbonyl (C=O) groups excluding carboxylic acids is 1. The van der Waals surface area contributed by atoms with Gasteiger partial charge in [-0.15, -0.1) is 0 Å². The van der Waals surface area contributed by atoms with Crippen LogP contribution in [0.1, 0.15) is 40.0 Å². The Balaban J connectivity index is 2.50. The normalized spacial score (nSPS) is 17.8. The highest BCUT2D eigenvalue weighted by atomic mass is 16.6. The third-order valence-corrected chi connectivity index (χ3v) is 2.79. The van der Waals surface area contributed by atoms with Crippen LogP contribution in [-0.4, -0.2) is 11.6 Å². The van der Waals surface area contributed by atoms with E-state index in [1.165, 1.54) is 19.3 Å². The first-order chi connectivity index (χ1) is 5.93. The summed E-state index contributed by atoms with van der Waals surface area (Å²) in [4.78, 5) is 11.3. The van der Waals surface area contributed by atoms with Gasteiger partial charge in [0.1, 0.15) is 5.60 Å². The van der Waals surface area contributed by atoms with E-state index in [4.69, 9.17) is 4.74 Å². The standard InChI is InChI=1S/C11H18O2/c1-8(2)10(12)13-11(3,4)9-6-5-7-9/h9H,1,5-7H2,2-4H3. The largest absolute Gasteiger partial charge is 0.456 e. The van der Waals surface area contributed by atoms with Crippen LogP contribution in [0.5, 0.6) is 0 Å². The second-order valence-electron chi connectivity index (χ2n) is 4.40. The third kappa shape index (κ3) is 2.33. The van der Waals surface area contributed by atoms with Gasteiger partial charge in [0.2, 0.25) is 0 Å². The van der Waals surface area contributed by atoms with Gasteiger partial charge in [-0.25, -0.2) is 4.79 Å². The Kier molecular flexibility index (Phi) is 2.79. The molecular weight excluding hydrogens is 164 g/mol. The molecule has 0 spiro atoms. The molecule has 74 valence electrons. The average Bonchev–Trinajstić information content (AvgIpc) is 1.79. The van der Waals surface area contributed by atoms with Crippen molar-refractivity contribution in [2.75, 3.05) is 0 Å². The van der Waals surface area contributed by atoms with Gasteiger partial charge in [0.15, 0.2) is 0 Å². The molecule has 1 rings (SSSR count). The van der Waals surface area contributed by atoms with Crippen LogP contribution in [0.2, 0.25) is 0 Å². The molecular formula is C11H18O2. The van der Waals surface area contributed by atoms with Crippen molar-refractivity contribution >= 4 is 5.97 Å². The maximum absolute atomic E-state index is 11.3. The molecule has 1 fully saturated rings. The van der Waals surface area contributed by atoms with Gasteiger partial charge in [0.25, 0.3) is 0 Å². The summed E-state index contributed by atoms with van der Waals surface area (Å²) in [6, 6.07) is 0. The average molecular weight is 182 g/mol. The molecule has 0 heterocycles. The van der Waals surface area contributed by atoms with Crippen LogP contribution in [0.15, 0.2) is 12.2 Å². The van der Waals surface area contributed by atoms with Crippen LogP contribution in [0, 0.1) is 5.92 Å². The van der Waals surface area contributed by atoms with Crippen LogP contribution < -0.4 is 0 Å². The first-order valence-corrected chi connectivity index (χ1v) is 4.82. The molecule has 0 aromatic carbocycles. The number of rotatable bonds is 3. The van der Waals surface area contributed by atoms with E-state index in [2.05, 4.69) is 6.58 Å². The summed E-state index contributed by atoms with van der Waals surface area (Å²) in [6.07, 6.45) is 3.62. The molecule has 1 aliphatic rings. The molecule has 0 unspecified atom stereocenters. The predicted octanol–water partition coefficient (Wildman–Crippen LogP) is 2.68. The van der Waals surface area contributed by atoms with E-state index < -0.39 is 0 Å². The molecule has 0 aliphatic heterocycles. The molecule has 0 atom stereocenters. The first kappa shape index (κ1) is 10.3. The second kappa shape index (κ2) is 3.52. The SMILES string of the molecule is C=C(C)C(=O)OC(C)(C)C1CCC1. The lowest BCUT2D eigenvalue weighted by Gasteiger charge is -2.39. The van der Waals surface area contributed by atoms with Crippen molar-refractivity contribution in [1.29, 1.82) is 0 Å². The van der Waals surface area contributed by atoms with Gasteiger partial charge in [-0.1, -0.05) is 13.0 Å². The maximum Gasteiger partial charge on any atom is 0.333 e. The molecule has 1 saturated carbocycles. The van der Waals surface area contributed by atoms with Crippen molar-refractivity contribution in [1.82, 2.24) is 0 Å². The first-order valence-electron chi connectivity index (χ1n) is 4.82. The minimum Gasteiger partial charge on any atom is -0.456 e. The zero-order valence-electron chi connectivity index (χ0n) is 8.72. The fourth-order valence-electron chi connectivity index (χ4n) is 1.51. The summed E-state index contributed by atoms with van der Waals surface area (Å²) >= 11 is 0. The monoisotopic (exact) mass is 182 g/mol.